The van der Waals surface area contributed by atoms with E-state index in [0.29, 0.717) is 11.4 Å². The maximum atomic E-state index is 12.5. The summed E-state index contributed by atoms with van der Waals surface area (Å²) >= 11 is 7.22. The van der Waals surface area contributed by atoms with Crippen LogP contribution in [0.3, 0.4) is 0 Å². The molecule has 2 aromatic carbocycles. The van der Waals surface area contributed by atoms with Crippen molar-refractivity contribution >= 4 is 38.9 Å². The normalized spacial score (nSPS) is 15.8. The van der Waals surface area contributed by atoms with Crippen LogP contribution in [0.4, 0.5) is 0 Å². The standard InChI is InChI=1S/C23H25ClN2O2S/c24-19-6-7-22-21(15-19)26(23(28)29-22)16-20(27)10-13-25-11-8-18(9-12-25)14-17-4-2-1-3-5-17/h1-7,15,18H,8-14,16H2. The molecule has 152 valence electrons. The van der Waals surface area contributed by atoms with Crippen LogP contribution >= 0.6 is 22.9 Å². The molecule has 0 radical (unpaired) electrons. The van der Waals surface area contributed by atoms with E-state index in [-0.39, 0.29) is 17.2 Å². The molecule has 6 heteroatoms. The smallest absolute Gasteiger partial charge is 0.303 e. The number of carbonyl (C=O) groups excluding carboxylic acids is 1. The van der Waals surface area contributed by atoms with Gasteiger partial charge in [-0.05, 0) is 62.0 Å². The Labute approximate surface area is 179 Å². The fourth-order valence-corrected chi connectivity index (χ4v) is 5.12. The first kappa shape index (κ1) is 20.3. The molecule has 4 nitrogen and oxygen atoms in total. The lowest BCUT2D eigenvalue weighted by atomic mass is 9.90. The van der Waals surface area contributed by atoms with Crippen molar-refractivity contribution in [2.24, 2.45) is 5.92 Å². The zero-order valence-electron chi connectivity index (χ0n) is 16.4. The zero-order valence-corrected chi connectivity index (χ0v) is 17.9. The molecule has 1 aromatic heterocycles. The molecular weight excluding hydrogens is 404 g/mol. The molecule has 3 aromatic rings. The monoisotopic (exact) mass is 428 g/mol. The van der Waals surface area contributed by atoms with Crippen LogP contribution in [0.1, 0.15) is 24.8 Å². The number of carbonyl (C=O) groups is 1. The van der Waals surface area contributed by atoms with E-state index in [9.17, 15) is 9.59 Å². The first-order valence-electron chi connectivity index (χ1n) is 10.2. The summed E-state index contributed by atoms with van der Waals surface area (Å²) in [6.45, 7) is 2.99. The number of hydrogen-bond donors (Lipinski definition) is 0. The number of thiazole rings is 1. The topological polar surface area (TPSA) is 42.3 Å². The third kappa shape index (κ3) is 5.16. The summed E-state index contributed by atoms with van der Waals surface area (Å²) in [5.41, 5.74) is 2.16. The van der Waals surface area contributed by atoms with Crippen molar-refractivity contribution in [1.82, 2.24) is 9.47 Å². The first-order valence-corrected chi connectivity index (χ1v) is 11.3. The minimum Gasteiger partial charge on any atom is -0.303 e. The van der Waals surface area contributed by atoms with Crippen molar-refractivity contribution in [3.05, 3.63) is 68.8 Å². The molecule has 2 heterocycles. The van der Waals surface area contributed by atoms with Crippen molar-refractivity contribution in [2.45, 2.75) is 32.2 Å². The zero-order chi connectivity index (χ0) is 20.2. The number of nitrogens with zero attached hydrogens (tertiary/aromatic N) is 2. The van der Waals surface area contributed by atoms with Crippen LogP contribution in [0.15, 0.2) is 53.3 Å². The predicted molar refractivity (Wildman–Crippen MR) is 120 cm³/mol. The van der Waals surface area contributed by atoms with Crippen LogP contribution in [0.25, 0.3) is 10.2 Å². The quantitative estimate of drug-likeness (QED) is 0.551. The largest absolute Gasteiger partial charge is 0.308 e. The molecule has 4 rings (SSSR count). The van der Waals surface area contributed by atoms with E-state index in [4.69, 9.17) is 11.6 Å². The van der Waals surface area contributed by atoms with Gasteiger partial charge < -0.3 is 4.90 Å². The second-order valence-electron chi connectivity index (χ2n) is 7.83. The molecule has 0 saturated carbocycles. The molecule has 0 bridgehead atoms. The van der Waals surface area contributed by atoms with Gasteiger partial charge in [0, 0.05) is 18.0 Å². The van der Waals surface area contributed by atoms with E-state index in [0.717, 1.165) is 53.5 Å². The molecule has 0 amide bonds. The highest BCUT2D eigenvalue weighted by molar-refractivity contribution is 7.16. The van der Waals surface area contributed by atoms with Gasteiger partial charge in [-0.25, -0.2) is 0 Å². The maximum absolute atomic E-state index is 12.5. The number of likely N-dealkylation sites (tertiary alicyclic amines) is 1. The second kappa shape index (κ2) is 9.24. The minimum absolute atomic E-state index is 0.0955. The summed E-state index contributed by atoms with van der Waals surface area (Å²) in [4.78, 5) is 27.1. The number of ketones is 1. The summed E-state index contributed by atoms with van der Waals surface area (Å²) in [7, 11) is 0. The van der Waals surface area contributed by atoms with Gasteiger partial charge in [-0.15, -0.1) is 0 Å². The van der Waals surface area contributed by atoms with Crippen LogP contribution < -0.4 is 4.87 Å². The summed E-state index contributed by atoms with van der Waals surface area (Å²) in [6, 6.07) is 16.0. The molecule has 0 aliphatic carbocycles. The lowest BCUT2D eigenvalue weighted by Crippen LogP contribution is -2.36. The van der Waals surface area contributed by atoms with Crippen LogP contribution in [-0.2, 0) is 17.8 Å². The van der Waals surface area contributed by atoms with E-state index >= 15 is 0 Å². The fraction of sp³-hybridized carbons (Fsp3) is 0.391. The Kier molecular flexibility index (Phi) is 6.48. The number of rotatable bonds is 7. The molecule has 1 fully saturated rings. The first-order chi connectivity index (χ1) is 14.1. The van der Waals surface area contributed by atoms with E-state index < -0.39 is 0 Å². The number of Topliss-reactive ketones (excluding diaryl/α,β-unsaturated/α-hetero) is 1. The number of halogens is 1. The van der Waals surface area contributed by atoms with Gasteiger partial charge >= 0.3 is 4.87 Å². The number of fused-ring (bicyclic) bond motifs is 1. The Bertz CT molecular complexity index is 1040. The number of aromatic nitrogens is 1. The van der Waals surface area contributed by atoms with Crippen molar-refractivity contribution < 1.29 is 4.79 Å². The Morgan fingerprint density at radius 3 is 2.62 bits per heavy atom. The fourth-order valence-electron chi connectivity index (χ4n) is 4.08. The van der Waals surface area contributed by atoms with Gasteiger partial charge in [0.1, 0.15) is 0 Å². The molecule has 1 saturated heterocycles. The lowest BCUT2D eigenvalue weighted by Gasteiger charge is -2.31. The van der Waals surface area contributed by atoms with E-state index in [2.05, 4.69) is 35.2 Å². The van der Waals surface area contributed by atoms with Gasteiger partial charge in [-0.3, -0.25) is 14.2 Å². The summed E-state index contributed by atoms with van der Waals surface area (Å²) in [6.07, 6.45) is 3.98. The molecular formula is C23H25ClN2O2S. The Balaban J connectivity index is 1.26. The van der Waals surface area contributed by atoms with Crippen LogP contribution in [0.5, 0.6) is 0 Å². The summed E-state index contributed by atoms with van der Waals surface area (Å²) in [5, 5.41) is 0.579. The average Bonchev–Trinajstić information content (AvgIpc) is 3.03. The SMILES string of the molecule is O=C(CCN1CCC(Cc2ccccc2)CC1)Cn1c(=O)sc2ccc(Cl)cc21. The van der Waals surface area contributed by atoms with Gasteiger partial charge in [-0.1, -0.05) is 53.3 Å². The highest BCUT2D eigenvalue weighted by Crippen LogP contribution is 2.23. The van der Waals surface area contributed by atoms with Crippen molar-refractivity contribution in [3.8, 4) is 0 Å². The second-order valence-corrected chi connectivity index (χ2v) is 9.26. The maximum Gasteiger partial charge on any atom is 0.308 e. The third-order valence-electron chi connectivity index (χ3n) is 5.75. The Morgan fingerprint density at radius 2 is 1.86 bits per heavy atom. The molecule has 0 N–H and O–H groups in total. The van der Waals surface area contributed by atoms with Crippen molar-refractivity contribution in [2.75, 3.05) is 19.6 Å². The van der Waals surface area contributed by atoms with Gasteiger partial charge in [0.2, 0.25) is 0 Å². The lowest BCUT2D eigenvalue weighted by molar-refractivity contribution is -0.120. The average molecular weight is 429 g/mol. The Morgan fingerprint density at radius 1 is 1.10 bits per heavy atom. The van der Waals surface area contributed by atoms with Crippen LogP contribution in [0.2, 0.25) is 5.02 Å². The highest BCUT2D eigenvalue weighted by atomic mass is 35.5. The molecule has 0 atom stereocenters. The number of piperidine rings is 1. The summed E-state index contributed by atoms with van der Waals surface area (Å²) < 4.78 is 2.42. The third-order valence-corrected chi connectivity index (χ3v) is 6.94. The number of hydrogen-bond acceptors (Lipinski definition) is 4. The van der Waals surface area contributed by atoms with Gasteiger partial charge in [-0.2, -0.15) is 0 Å². The van der Waals surface area contributed by atoms with E-state index in [1.807, 2.05) is 6.07 Å². The molecule has 1 aliphatic heterocycles. The molecule has 29 heavy (non-hydrogen) atoms. The van der Waals surface area contributed by atoms with Gasteiger partial charge in [0.15, 0.2) is 5.78 Å². The summed E-state index contributed by atoms with van der Waals surface area (Å²) in [5.74, 6) is 0.822. The Hall–Kier alpha value is -1.95. The molecule has 0 spiro atoms. The predicted octanol–water partition coefficient (Wildman–Crippen LogP) is 4.63. The number of benzene rings is 2. The van der Waals surface area contributed by atoms with Crippen LogP contribution in [0, 0.1) is 5.92 Å². The van der Waals surface area contributed by atoms with Crippen molar-refractivity contribution in [1.29, 1.82) is 0 Å². The molecule has 1 aliphatic rings. The van der Waals surface area contributed by atoms with E-state index in [1.54, 1.807) is 16.7 Å². The van der Waals surface area contributed by atoms with Crippen molar-refractivity contribution in [3.63, 3.8) is 0 Å². The van der Waals surface area contributed by atoms with Crippen LogP contribution in [-0.4, -0.2) is 34.9 Å². The van der Waals surface area contributed by atoms with Gasteiger partial charge in [0.25, 0.3) is 0 Å². The van der Waals surface area contributed by atoms with Gasteiger partial charge in [0.05, 0.1) is 16.8 Å². The van der Waals surface area contributed by atoms with E-state index in [1.165, 1.54) is 18.4 Å². The minimum atomic E-state index is -0.0997. The highest BCUT2D eigenvalue weighted by Gasteiger charge is 2.20. The molecule has 0 unspecified atom stereocenters.